The van der Waals surface area contributed by atoms with Crippen LogP contribution in [0.1, 0.15) is 12.8 Å². The first-order valence-electron chi connectivity index (χ1n) is 6.18. The van der Waals surface area contributed by atoms with Gasteiger partial charge in [0.25, 0.3) is 0 Å². The highest BCUT2D eigenvalue weighted by Crippen LogP contribution is 2.24. The number of nitrogens with zero attached hydrogens (tertiary/aromatic N) is 2. The lowest BCUT2D eigenvalue weighted by Crippen LogP contribution is -2.41. The first-order chi connectivity index (χ1) is 9.45. The highest BCUT2D eigenvalue weighted by Gasteiger charge is 2.30. The van der Waals surface area contributed by atoms with Crippen molar-refractivity contribution in [1.29, 1.82) is 0 Å². The third kappa shape index (κ3) is 2.91. The molecule has 0 aromatic heterocycles. The summed E-state index contributed by atoms with van der Waals surface area (Å²) in [5.41, 5.74) is 5.52. The molecule has 1 aromatic rings. The molecule has 0 aliphatic carbocycles. The number of hydrogen-bond acceptors (Lipinski definition) is 4. The Morgan fingerprint density at radius 3 is 2.60 bits per heavy atom. The van der Waals surface area contributed by atoms with Crippen molar-refractivity contribution in [2.24, 2.45) is 16.8 Å². The van der Waals surface area contributed by atoms with E-state index in [4.69, 9.17) is 10.9 Å². The second-order valence-electron chi connectivity index (χ2n) is 4.66. The first-order valence-corrected chi connectivity index (χ1v) is 7.62. The number of halogens is 1. The summed E-state index contributed by atoms with van der Waals surface area (Å²) in [4.78, 5) is -0.0558. The van der Waals surface area contributed by atoms with Crippen LogP contribution in [0.15, 0.2) is 34.3 Å². The Morgan fingerprint density at radius 2 is 2.05 bits per heavy atom. The van der Waals surface area contributed by atoms with Crippen molar-refractivity contribution in [2.75, 3.05) is 13.1 Å². The fourth-order valence-corrected chi connectivity index (χ4v) is 3.75. The van der Waals surface area contributed by atoms with Gasteiger partial charge in [0, 0.05) is 19.0 Å². The summed E-state index contributed by atoms with van der Waals surface area (Å²) in [5, 5.41) is 11.6. The van der Waals surface area contributed by atoms with E-state index in [1.54, 1.807) is 0 Å². The van der Waals surface area contributed by atoms with Gasteiger partial charge in [-0.2, -0.15) is 4.31 Å². The predicted molar refractivity (Wildman–Crippen MR) is 71.3 cm³/mol. The maximum atomic E-state index is 13.1. The third-order valence-corrected chi connectivity index (χ3v) is 5.32. The van der Waals surface area contributed by atoms with Gasteiger partial charge in [0.2, 0.25) is 10.0 Å². The van der Waals surface area contributed by atoms with Gasteiger partial charge in [-0.3, -0.25) is 0 Å². The maximum Gasteiger partial charge on any atom is 0.243 e. The zero-order valence-corrected chi connectivity index (χ0v) is 11.6. The van der Waals surface area contributed by atoms with Gasteiger partial charge in [0.15, 0.2) is 0 Å². The molecule has 6 nitrogen and oxygen atoms in total. The Hall–Kier alpha value is -1.67. The number of rotatable bonds is 3. The molecule has 1 saturated heterocycles. The average Bonchev–Trinajstić information content (AvgIpc) is 2.46. The standard InChI is InChI=1S/C12H16FN3O3S/c13-10-2-1-3-11(8-10)20(18,19)16-6-4-9(5-7-16)12(14)15-17/h1-3,8-9,17H,4-7H2,(H2,14,15). The Balaban J connectivity index is 2.14. The van der Waals surface area contributed by atoms with E-state index in [9.17, 15) is 12.8 Å². The quantitative estimate of drug-likeness (QED) is 0.376. The van der Waals surface area contributed by atoms with Crippen LogP contribution in [0.3, 0.4) is 0 Å². The van der Waals surface area contributed by atoms with Crippen molar-refractivity contribution in [1.82, 2.24) is 4.31 Å². The number of piperidine rings is 1. The highest BCUT2D eigenvalue weighted by molar-refractivity contribution is 7.89. The first kappa shape index (κ1) is 14.7. The van der Waals surface area contributed by atoms with Gasteiger partial charge in [0.05, 0.1) is 4.90 Å². The third-order valence-electron chi connectivity index (χ3n) is 3.42. The van der Waals surface area contributed by atoms with Crippen LogP contribution in [0.5, 0.6) is 0 Å². The monoisotopic (exact) mass is 301 g/mol. The number of oxime groups is 1. The highest BCUT2D eigenvalue weighted by atomic mass is 32.2. The molecule has 110 valence electrons. The van der Waals surface area contributed by atoms with Crippen LogP contribution in [0, 0.1) is 11.7 Å². The zero-order chi connectivity index (χ0) is 14.8. The molecule has 0 unspecified atom stereocenters. The van der Waals surface area contributed by atoms with Crippen LogP contribution < -0.4 is 5.73 Å². The van der Waals surface area contributed by atoms with Gasteiger partial charge in [-0.1, -0.05) is 11.2 Å². The Kier molecular flexibility index (Phi) is 4.24. The second-order valence-corrected chi connectivity index (χ2v) is 6.60. The van der Waals surface area contributed by atoms with Crippen LogP contribution in [-0.2, 0) is 10.0 Å². The van der Waals surface area contributed by atoms with E-state index in [-0.39, 0.29) is 29.7 Å². The molecule has 2 rings (SSSR count). The molecule has 1 aliphatic rings. The summed E-state index contributed by atoms with van der Waals surface area (Å²) < 4.78 is 39.1. The van der Waals surface area contributed by atoms with Gasteiger partial charge in [-0.25, -0.2) is 12.8 Å². The molecule has 0 radical (unpaired) electrons. The van der Waals surface area contributed by atoms with E-state index in [1.807, 2.05) is 0 Å². The minimum absolute atomic E-state index is 0.0558. The fraction of sp³-hybridized carbons (Fsp3) is 0.417. The molecular weight excluding hydrogens is 285 g/mol. The van der Waals surface area contributed by atoms with Crippen molar-refractivity contribution in [3.05, 3.63) is 30.1 Å². The predicted octanol–water partition coefficient (Wildman–Crippen LogP) is 0.973. The number of hydrogen-bond donors (Lipinski definition) is 2. The lowest BCUT2D eigenvalue weighted by Gasteiger charge is -2.30. The molecule has 0 bridgehead atoms. The zero-order valence-electron chi connectivity index (χ0n) is 10.7. The van der Waals surface area contributed by atoms with E-state index in [0.717, 1.165) is 6.07 Å². The fourth-order valence-electron chi connectivity index (χ4n) is 2.25. The van der Waals surface area contributed by atoms with Crippen molar-refractivity contribution in [3.63, 3.8) is 0 Å². The molecule has 20 heavy (non-hydrogen) atoms. The maximum absolute atomic E-state index is 13.1. The molecule has 1 aromatic carbocycles. The van der Waals surface area contributed by atoms with Crippen molar-refractivity contribution < 1.29 is 18.0 Å². The molecule has 0 spiro atoms. The van der Waals surface area contributed by atoms with E-state index in [1.165, 1.54) is 22.5 Å². The van der Waals surface area contributed by atoms with Gasteiger partial charge in [0.1, 0.15) is 11.7 Å². The van der Waals surface area contributed by atoms with E-state index in [2.05, 4.69) is 5.16 Å². The van der Waals surface area contributed by atoms with Crippen LogP contribution >= 0.6 is 0 Å². The summed E-state index contributed by atoms with van der Waals surface area (Å²) in [6, 6.07) is 4.94. The Morgan fingerprint density at radius 1 is 1.40 bits per heavy atom. The number of nitrogens with two attached hydrogens (primary N) is 1. The van der Waals surface area contributed by atoms with Crippen LogP contribution in [0.4, 0.5) is 4.39 Å². The Bertz CT molecular complexity index is 610. The largest absolute Gasteiger partial charge is 0.409 e. The summed E-state index contributed by atoms with van der Waals surface area (Å²) in [6.45, 7) is 0.527. The van der Waals surface area contributed by atoms with Gasteiger partial charge in [-0.05, 0) is 31.0 Å². The summed E-state index contributed by atoms with van der Waals surface area (Å²) in [5.74, 6) is -0.593. The van der Waals surface area contributed by atoms with Crippen LogP contribution in [-0.4, -0.2) is 36.9 Å². The van der Waals surface area contributed by atoms with E-state index in [0.29, 0.717) is 12.8 Å². The lowest BCUT2D eigenvalue weighted by atomic mass is 9.97. The minimum atomic E-state index is -3.69. The SMILES string of the molecule is NC(=NO)C1CCN(S(=O)(=O)c2cccc(F)c2)CC1. The van der Waals surface area contributed by atoms with E-state index >= 15 is 0 Å². The average molecular weight is 301 g/mol. The van der Waals surface area contributed by atoms with Crippen LogP contribution in [0.25, 0.3) is 0 Å². The van der Waals surface area contributed by atoms with Crippen LogP contribution in [0.2, 0.25) is 0 Å². The topological polar surface area (TPSA) is 96.0 Å². The van der Waals surface area contributed by atoms with Crippen molar-refractivity contribution in [3.8, 4) is 0 Å². The summed E-state index contributed by atoms with van der Waals surface area (Å²) in [7, 11) is -3.69. The number of benzene rings is 1. The molecule has 1 fully saturated rings. The summed E-state index contributed by atoms with van der Waals surface area (Å²) in [6.07, 6.45) is 0.953. The van der Waals surface area contributed by atoms with Gasteiger partial charge < -0.3 is 10.9 Å². The molecule has 1 heterocycles. The molecule has 0 amide bonds. The van der Waals surface area contributed by atoms with Crippen molar-refractivity contribution in [2.45, 2.75) is 17.7 Å². The van der Waals surface area contributed by atoms with Gasteiger partial charge in [-0.15, -0.1) is 0 Å². The molecular formula is C12H16FN3O3S. The molecule has 1 aliphatic heterocycles. The summed E-state index contributed by atoms with van der Waals surface area (Å²) >= 11 is 0. The normalized spacial score (nSPS) is 19.1. The molecule has 0 atom stereocenters. The molecule has 8 heteroatoms. The second kappa shape index (κ2) is 5.76. The van der Waals surface area contributed by atoms with Crippen molar-refractivity contribution >= 4 is 15.9 Å². The number of amidine groups is 1. The van der Waals surface area contributed by atoms with Gasteiger partial charge >= 0.3 is 0 Å². The van der Waals surface area contributed by atoms with E-state index < -0.39 is 15.8 Å². The minimum Gasteiger partial charge on any atom is -0.409 e. The smallest absolute Gasteiger partial charge is 0.243 e. The lowest BCUT2D eigenvalue weighted by molar-refractivity contribution is 0.291. The molecule has 3 N–H and O–H groups in total. The number of sulfonamides is 1. The molecule has 0 saturated carbocycles. The Labute approximate surface area is 116 Å².